The average molecular weight is 232 g/mol. The molecule has 0 radical (unpaired) electrons. The first-order chi connectivity index (χ1) is 8.20. The molecule has 1 heterocycles. The highest BCUT2D eigenvalue weighted by Gasteiger charge is 2.18. The van der Waals surface area contributed by atoms with Crippen molar-refractivity contribution in [3.05, 3.63) is 36.4 Å². The highest BCUT2D eigenvalue weighted by atomic mass is 16.5. The molecule has 0 bridgehead atoms. The van der Waals surface area contributed by atoms with Crippen molar-refractivity contribution in [1.29, 1.82) is 0 Å². The molecule has 2 rings (SSSR count). The van der Waals surface area contributed by atoms with Crippen LogP contribution in [0.4, 0.5) is 5.69 Å². The number of carbonyl (C=O) groups is 2. The van der Waals surface area contributed by atoms with Crippen LogP contribution in [0.2, 0.25) is 0 Å². The standard InChI is InChI=1S/C12H12N2O3/c1-2-10(15)13-6-8-4-3-5-9-12(8)17-7-11(16)14-9/h2-5H,1,6-7H2,(H,13,15)(H,14,16). The molecule has 0 unspecified atom stereocenters. The zero-order valence-electron chi connectivity index (χ0n) is 9.16. The van der Waals surface area contributed by atoms with E-state index in [0.717, 1.165) is 5.56 Å². The molecule has 0 saturated carbocycles. The van der Waals surface area contributed by atoms with Gasteiger partial charge in [-0.1, -0.05) is 18.7 Å². The molecule has 0 aromatic heterocycles. The van der Waals surface area contributed by atoms with Crippen molar-refractivity contribution in [2.75, 3.05) is 11.9 Å². The van der Waals surface area contributed by atoms with Gasteiger partial charge >= 0.3 is 0 Å². The highest BCUT2D eigenvalue weighted by Crippen LogP contribution is 2.31. The zero-order valence-corrected chi connectivity index (χ0v) is 9.16. The average Bonchev–Trinajstić information content (AvgIpc) is 2.35. The van der Waals surface area contributed by atoms with E-state index >= 15 is 0 Å². The van der Waals surface area contributed by atoms with Crippen molar-refractivity contribution in [3.63, 3.8) is 0 Å². The van der Waals surface area contributed by atoms with Crippen LogP contribution in [0.5, 0.6) is 5.75 Å². The van der Waals surface area contributed by atoms with E-state index in [1.807, 2.05) is 6.07 Å². The molecule has 5 heteroatoms. The second-order valence-electron chi connectivity index (χ2n) is 3.55. The lowest BCUT2D eigenvalue weighted by molar-refractivity contribution is -0.119. The number of rotatable bonds is 3. The molecule has 1 aliphatic heterocycles. The van der Waals surface area contributed by atoms with Gasteiger partial charge in [-0.05, 0) is 12.1 Å². The monoisotopic (exact) mass is 232 g/mol. The predicted molar refractivity (Wildman–Crippen MR) is 62.6 cm³/mol. The summed E-state index contributed by atoms with van der Waals surface area (Å²) in [6, 6.07) is 5.38. The van der Waals surface area contributed by atoms with E-state index in [0.29, 0.717) is 18.0 Å². The molecular formula is C12H12N2O3. The summed E-state index contributed by atoms with van der Waals surface area (Å²) >= 11 is 0. The normalized spacial score (nSPS) is 13.1. The molecule has 0 spiro atoms. The lowest BCUT2D eigenvalue weighted by Crippen LogP contribution is -2.27. The van der Waals surface area contributed by atoms with E-state index in [2.05, 4.69) is 17.2 Å². The lowest BCUT2D eigenvalue weighted by Gasteiger charge is -2.20. The Bertz CT molecular complexity index is 483. The molecule has 2 N–H and O–H groups in total. The lowest BCUT2D eigenvalue weighted by atomic mass is 10.1. The summed E-state index contributed by atoms with van der Waals surface area (Å²) in [5, 5.41) is 5.37. The summed E-state index contributed by atoms with van der Waals surface area (Å²) in [6.07, 6.45) is 1.21. The van der Waals surface area contributed by atoms with Gasteiger partial charge in [-0.15, -0.1) is 0 Å². The SMILES string of the molecule is C=CC(=O)NCc1cccc2c1OCC(=O)N2. The number of amides is 2. The van der Waals surface area contributed by atoms with Crippen LogP contribution in [0.3, 0.4) is 0 Å². The summed E-state index contributed by atoms with van der Waals surface area (Å²) in [5.41, 5.74) is 1.45. The summed E-state index contributed by atoms with van der Waals surface area (Å²) in [5.74, 6) is 0.184. The van der Waals surface area contributed by atoms with Crippen molar-refractivity contribution < 1.29 is 14.3 Å². The fourth-order valence-corrected chi connectivity index (χ4v) is 1.57. The second kappa shape index (κ2) is 4.69. The molecule has 0 aliphatic carbocycles. The molecule has 0 fully saturated rings. The van der Waals surface area contributed by atoms with Crippen molar-refractivity contribution in [2.24, 2.45) is 0 Å². The number of hydrogen-bond donors (Lipinski definition) is 2. The molecule has 1 aromatic rings. The molecule has 1 aromatic carbocycles. The predicted octanol–water partition coefficient (Wildman–Crippen LogP) is 0.820. The first-order valence-electron chi connectivity index (χ1n) is 5.15. The number of fused-ring (bicyclic) bond motifs is 1. The summed E-state index contributed by atoms with van der Waals surface area (Å²) in [4.78, 5) is 22.2. The van der Waals surface area contributed by atoms with Gasteiger partial charge in [0, 0.05) is 12.1 Å². The summed E-state index contributed by atoms with van der Waals surface area (Å²) in [6.45, 7) is 3.71. The third kappa shape index (κ3) is 2.44. The van der Waals surface area contributed by atoms with E-state index in [1.165, 1.54) is 6.08 Å². The van der Waals surface area contributed by atoms with Gasteiger partial charge in [0.05, 0.1) is 5.69 Å². The number of carbonyl (C=O) groups excluding carboxylic acids is 2. The fraction of sp³-hybridized carbons (Fsp3) is 0.167. The smallest absolute Gasteiger partial charge is 0.262 e. The van der Waals surface area contributed by atoms with Crippen LogP contribution < -0.4 is 15.4 Å². The van der Waals surface area contributed by atoms with Crippen LogP contribution >= 0.6 is 0 Å². The second-order valence-corrected chi connectivity index (χ2v) is 3.55. The van der Waals surface area contributed by atoms with Gasteiger partial charge in [0.1, 0.15) is 5.75 Å². The Balaban J connectivity index is 2.18. The zero-order chi connectivity index (χ0) is 12.3. The van der Waals surface area contributed by atoms with Gasteiger partial charge in [0.25, 0.3) is 5.91 Å². The van der Waals surface area contributed by atoms with Crippen molar-refractivity contribution in [2.45, 2.75) is 6.54 Å². The Labute approximate surface area is 98.5 Å². The van der Waals surface area contributed by atoms with Crippen LogP contribution in [0, 0.1) is 0 Å². The van der Waals surface area contributed by atoms with Crippen LogP contribution in [0.15, 0.2) is 30.9 Å². The number of para-hydroxylation sites is 1. The number of hydrogen-bond acceptors (Lipinski definition) is 3. The quantitative estimate of drug-likeness (QED) is 0.758. The summed E-state index contributed by atoms with van der Waals surface area (Å²) < 4.78 is 5.34. The Morgan fingerprint density at radius 2 is 2.41 bits per heavy atom. The molecule has 0 atom stereocenters. The van der Waals surface area contributed by atoms with E-state index in [9.17, 15) is 9.59 Å². The number of anilines is 1. The third-order valence-electron chi connectivity index (χ3n) is 2.36. The first kappa shape index (κ1) is 11.2. The van der Waals surface area contributed by atoms with Crippen molar-refractivity contribution in [1.82, 2.24) is 5.32 Å². The topological polar surface area (TPSA) is 67.4 Å². The minimum Gasteiger partial charge on any atom is -0.481 e. The van der Waals surface area contributed by atoms with E-state index in [-0.39, 0.29) is 18.4 Å². The Morgan fingerprint density at radius 3 is 3.18 bits per heavy atom. The van der Waals surface area contributed by atoms with Gasteiger partial charge in [-0.25, -0.2) is 0 Å². The highest BCUT2D eigenvalue weighted by molar-refractivity contribution is 5.95. The molecule has 0 saturated heterocycles. The van der Waals surface area contributed by atoms with Crippen LogP contribution in [0.1, 0.15) is 5.56 Å². The molecule has 2 amide bonds. The van der Waals surface area contributed by atoms with E-state index in [4.69, 9.17) is 4.74 Å². The molecule has 17 heavy (non-hydrogen) atoms. The first-order valence-corrected chi connectivity index (χ1v) is 5.15. The minimum absolute atomic E-state index is 0.000577. The van der Waals surface area contributed by atoms with E-state index in [1.54, 1.807) is 12.1 Å². The molecular weight excluding hydrogens is 220 g/mol. The van der Waals surface area contributed by atoms with Crippen molar-refractivity contribution in [3.8, 4) is 5.75 Å². The number of nitrogens with one attached hydrogen (secondary N) is 2. The Kier molecular flexibility index (Phi) is 3.09. The van der Waals surface area contributed by atoms with Gasteiger partial charge in [0.15, 0.2) is 6.61 Å². The van der Waals surface area contributed by atoms with Crippen molar-refractivity contribution >= 4 is 17.5 Å². The van der Waals surface area contributed by atoms with Gasteiger partial charge in [-0.2, -0.15) is 0 Å². The van der Waals surface area contributed by atoms with Crippen LogP contribution in [0.25, 0.3) is 0 Å². The summed E-state index contributed by atoms with van der Waals surface area (Å²) in [7, 11) is 0. The maximum Gasteiger partial charge on any atom is 0.262 e. The van der Waals surface area contributed by atoms with E-state index < -0.39 is 0 Å². The van der Waals surface area contributed by atoms with Crippen LogP contribution in [-0.4, -0.2) is 18.4 Å². The van der Waals surface area contributed by atoms with Gasteiger partial charge in [0.2, 0.25) is 5.91 Å². The largest absolute Gasteiger partial charge is 0.481 e. The molecule has 1 aliphatic rings. The maximum absolute atomic E-state index is 11.1. The molecule has 5 nitrogen and oxygen atoms in total. The minimum atomic E-state index is -0.248. The number of ether oxygens (including phenoxy) is 1. The third-order valence-corrected chi connectivity index (χ3v) is 2.36. The fourth-order valence-electron chi connectivity index (χ4n) is 1.57. The Morgan fingerprint density at radius 1 is 1.59 bits per heavy atom. The number of benzene rings is 1. The van der Waals surface area contributed by atoms with Gasteiger partial charge in [-0.3, -0.25) is 9.59 Å². The molecule has 88 valence electrons. The maximum atomic E-state index is 11.1. The Hall–Kier alpha value is -2.30. The van der Waals surface area contributed by atoms with Gasteiger partial charge < -0.3 is 15.4 Å². The van der Waals surface area contributed by atoms with Crippen LogP contribution in [-0.2, 0) is 16.1 Å².